The standard InChI is InChI=1S/C16H18O/c1-11-9-12(2)13(3)16(10-11)14-5-7-15(17-4)8-6-14/h5-10H,1-4H3. The molecule has 0 aromatic heterocycles. The van der Waals surface area contributed by atoms with E-state index in [1.165, 1.54) is 27.8 Å². The Bertz CT molecular complexity index is 524. The van der Waals surface area contributed by atoms with Gasteiger partial charge in [0.2, 0.25) is 0 Å². The molecule has 2 rings (SSSR count). The Morgan fingerprint density at radius 1 is 0.882 bits per heavy atom. The number of hydrogen-bond donors (Lipinski definition) is 0. The summed E-state index contributed by atoms with van der Waals surface area (Å²) in [6.07, 6.45) is 0. The molecule has 0 heterocycles. The first kappa shape index (κ1) is 11.7. The topological polar surface area (TPSA) is 9.23 Å². The van der Waals surface area contributed by atoms with Crippen LogP contribution in [0.4, 0.5) is 0 Å². The Balaban J connectivity index is 2.52. The minimum atomic E-state index is 0.899. The van der Waals surface area contributed by atoms with Crippen LogP contribution in [0.25, 0.3) is 11.1 Å². The zero-order chi connectivity index (χ0) is 12.4. The molecular weight excluding hydrogens is 208 g/mol. The molecule has 0 saturated carbocycles. The maximum Gasteiger partial charge on any atom is 0.118 e. The lowest BCUT2D eigenvalue weighted by Gasteiger charge is -2.11. The van der Waals surface area contributed by atoms with Crippen LogP contribution in [0.3, 0.4) is 0 Å². The highest BCUT2D eigenvalue weighted by atomic mass is 16.5. The average Bonchev–Trinajstić information content (AvgIpc) is 2.34. The number of ether oxygens (including phenoxy) is 1. The van der Waals surface area contributed by atoms with Gasteiger partial charge in [-0.2, -0.15) is 0 Å². The van der Waals surface area contributed by atoms with Crippen molar-refractivity contribution in [3.8, 4) is 16.9 Å². The fourth-order valence-electron chi connectivity index (χ4n) is 2.11. The van der Waals surface area contributed by atoms with E-state index in [4.69, 9.17) is 4.74 Å². The molecule has 0 bridgehead atoms. The molecule has 0 fully saturated rings. The van der Waals surface area contributed by atoms with Gasteiger partial charge in [0, 0.05) is 0 Å². The van der Waals surface area contributed by atoms with E-state index in [2.05, 4.69) is 45.0 Å². The summed E-state index contributed by atoms with van der Waals surface area (Å²) in [5.41, 5.74) is 6.55. The van der Waals surface area contributed by atoms with Crippen molar-refractivity contribution in [1.82, 2.24) is 0 Å². The number of hydrogen-bond acceptors (Lipinski definition) is 1. The van der Waals surface area contributed by atoms with Crippen LogP contribution in [0.5, 0.6) is 5.75 Å². The normalized spacial score (nSPS) is 10.4. The maximum absolute atomic E-state index is 5.18. The Hall–Kier alpha value is -1.76. The molecule has 17 heavy (non-hydrogen) atoms. The van der Waals surface area contributed by atoms with Crippen molar-refractivity contribution in [3.63, 3.8) is 0 Å². The molecule has 88 valence electrons. The summed E-state index contributed by atoms with van der Waals surface area (Å²) >= 11 is 0. The van der Waals surface area contributed by atoms with Crippen LogP contribution >= 0.6 is 0 Å². The predicted octanol–water partition coefficient (Wildman–Crippen LogP) is 4.29. The summed E-state index contributed by atoms with van der Waals surface area (Å²) in [6, 6.07) is 12.7. The molecule has 0 amide bonds. The molecule has 1 heteroatoms. The summed E-state index contributed by atoms with van der Waals surface area (Å²) in [6.45, 7) is 6.48. The van der Waals surface area contributed by atoms with Gasteiger partial charge in [-0.3, -0.25) is 0 Å². The minimum Gasteiger partial charge on any atom is -0.497 e. The summed E-state index contributed by atoms with van der Waals surface area (Å²) < 4.78 is 5.18. The molecule has 0 spiro atoms. The highest BCUT2D eigenvalue weighted by Crippen LogP contribution is 2.28. The van der Waals surface area contributed by atoms with Crippen LogP contribution in [0, 0.1) is 20.8 Å². The van der Waals surface area contributed by atoms with E-state index in [-0.39, 0.29) is 0 Å². The van der Waals surface area contributed by atoms with Crippen LogP contribution < -0.4 is 4.74 Å². The molecule has 0 atom stereocenters. The molecule has 2 aromatic rings. The van der Waals surface area contributed by atoms with E-state index in [0.29, 0.717) is 0 Å². The van der Waals surface area contributed by atoms with Gasteiger partial charge in [0.15, 0.2) is 0 Å². The number of benzene rings is 2. The van der Waals surface area contributed by atoms with Crippen molar-refractivity contribution in [2.45, 2.75) is 20.8 Å². The van der Waals surface area contributed by atoms with E-state index in [0.717, 1.165) is 5.75 Å². The summed E-state index contributed by atoms with van der Waals surface area (Å²) in [4.78, 5) is 0. The van der Waals surface area contributed by atoms with E-state index < -0.39 is 0 Å². The van der Waals surface area contributed by atoms with Crippen molar-refractivity contribution in [3.05, 3.63) is 53.1 Å². The predicted molar refractivity (Wildman–Crippen MR) is 72.6 cm³/mol. The molecule has 0 aliphatic carbocycles. The quantitative estimate of drug-likeness (QED) is 0.742. The third-order valence-electron chi connectivity index (χ3n) is 3.21. The van der Waals surface area contributed by atoms with Crippen LogP contribution in [-0.2, 0) is 0 Å². The Morgan fingerprint density at radius 2 is 1.53 bits per heavy atom. The highest BCUT2D eigenvalue weighted by molar-refractivity contribution is 5.69. The molecule has 0 N–H and O–H groups in total. The monoisotopic (exact) mass is 226 g/mol. The SMILES string of the molecule is COc1ccc(-c2cc(C)cc(C)c2C)cc1. The van der Waals surface area contributed by atoms with Crippen molar-refractivity contribution >= 4 is 0 Å². The Labute approximate surface area is 103 Å². The van der Waals surface area contributed by atoms with Gasteiger partial charge in [-0.1, -0.05) is 29.8 Å². The molecule has 2 aromatic carbocycles. The van der Waals surface area contributed by atoms with Crippen LogP contribution in [0.2, 0.25) is 0 Å². The second-order valence-corrected chi connectivity index (χ2v) is 4.48. The Morgan fingerprint density at radius 3 is 2.12 bits per heavy atom. The number of aryl methyl sites for hydroxylation is 2. The van der Waals surface area contributed by atoms with Gasteiger partial charge in [0.05, 0.1) is 7.11 Å². The summed E-state index contributed by atoms with van der Waals surface area (Å²) in [5, 5.41) is 0. The van der Waals surface area contributed by atoms with Gasteiger partial charge in [-0.15, -0.1) is 0 Å². The lowest BCUT2D eigenvalue weighted by atomic mass is 9.95. The molecule has 1 nitrogen and oxygen atoms in total. The van der Waals surface area contributed by atoms with Gasteiger partial charge in [-0.25, -0.2) is 0 Å². The minimum absolute atomic E-state index is 0.899. The van der Waals surface area contributed by atoms with Crippen molar-refractivity contribution in [2.24, 2.45) is 0 Å². The maximum atomic E-state index is 5.18. The zero-order valence-corrected chi connectivity index (χ0v) is 10.9. The van der Waals surface area contributed by atoms with Crippen molar-refractivity contribution < 1.29 is 4.74 Å². The van der Waals surface area contributed by atoms with E-state index in [1.807, 2.05) is 12.1 Å². The lowest BCUT2D eigenvalue weighted by molar-refractivity contribution is 0.415. The largest absolute Gasteiger partial charge is 0.497 e. The second-order valence-electron chi connectivity index (χ2n) is 4.48. The average molecular weight is 226 g/mol. The third kappa shape index (κ3) is 2.33. The lowest BCUT2D eigenvalue weighted by Crippen LogP contribution is -1.90. The van der Waals surface area contributed by atoms with E-state index in [9.17, 15) is 0 Å². The molecule has 0 saturated heterocycles. The fourth-order valence-corrected chi connectivity index (χ4v) is 2.11. The van der Waals surface area contributed by atoms with Crippen LogP contribution in [0.15, 0.2) is 36.4 Å². The van der Waals surface area contributed by atoms with Gasteiger partial charge in [-0.05, 0) is 55.2 Å². The summed E-state index contributed by atoms with van der Waals surface area (Å²) in [5.74, 6) is 0.899. The van der Waals surface area contributed by atoms with E-state index >= 15 is 0 Å². The van der Waals surface area contributed by atoms with Crippen molar-refractivity contribution in [1.29, 1.82) is 0 Å². The van der Waals surface area contributed by atoms with Gasteiger partial charge >= 0.3 is 0 Å². The second kappa shape index (κ2) is 4.62. The summed E-state index contributed by atoms with van der Waals surface area (Å²) in [7, 11) is 1.69. The van der Waals surface area contributed by atoms with Gasteiger partial charge in [0.1, 0.15) is 5.75 Å². The third-order valence-corrected chi connectivity index (χ3v) is 3.21. The molecule has 0 radical (unpaired) electrons. The van der Waals surface area contributed by atoms with Crippen molar-refractivity contribution in [2.75, 3.05) is 7.11 Å². The fraction of sp³-hybridized carbons (Fsp3) is 0.250. The molecular formula is C16H18O. The number of methoxy groups -OCH3 is 1. The van der Waals surface area contributed by atoms with Gasteiger partial charge in [0.25, 0.3) is 0 Å². The Kier molecular flexibility index (Phi) is 3.19. The first-order valence-corrected chi connectivity index (χ1v) is 5.84. The smallest absolute Gasteiger partial charge is 0.118 e. The first-order valence-electron chi connectivity index (χ1n) is 5.84. The first-order chi connectivity index (χ1) is 8.11. The van der Waals surface area contributed by atoms with Crippen LogP contribution in [0.1, 0.15) is 16.7 Å². The van der Waals surface area contributed by atoms with Gasteiger partial charge < -0.3 is 4.74 Å². The zero-order valence-electron chi connectivity index (χ0n) is 10.9. The molecule has 0 aliphatic heterocycles. The highest BCUT2D eigenvalue weighted by Gasteiger charge is 2.05. The number of rotatable bonds is 2. The molecule has 0 unspecified atom stereocenters. The van der Waals surface area contributed by atoms with E-state index in [1.54, 1.807) is 7.11 Å². The van der Waals surface area contributed by atoms with Crippen LogP contribution in [-0.4, -0.2) is 7.11 Å². The molecule has 0 aliphatic rings.